The first-order chi connectivity index (χ1) is 13.7. The van der Waals surface area contributed by atoms with Crippen molar-refractivity contribution in [2.24, 2.45) is 0 Å². The van der Waals surface area contributed by atoms with Crippen LogP contribution in [-0.2, 0) is 11.2 Å². The number of aryl methyl sites for hydroxylation is 1. The van der Waals surface area contributed by atoms with E-state index >= 15 is 0 Å². The van der Waals surface area contributed by atoms with Crippen molar-refractivity contribution in [2.45, 2.75) is 43.9 Å². The molecule has 2 fully saturated rings. The molecule has 29 heavy (non-hydrogen) atoms. The number of halogens is 1. The maximum Gasteiger partial charge on any atom is 0.451 e. The Kier molecular flexibility index (Phi) is 6.61. The highest BCUT2D eigenvalue weighted by molar-refractivity contribution is 6.41. The number of carboxylic acids is 1. The van der Waals surface area contributed by atoms with E-state index in [1.165, 1.54) is 12.1 Å². The van der Waals surface area contributed by atoms with Crippen LogP contribution < -0.4 is 10.1 Å². The number of carbonyl (C=O) groups is 2. The van der Waals surface area contributed by atoms with Gasteiger partial charge in [-0.05, 0) is 30.8 Å². The topological polar surface area (TPSA) is 140 Å². The van der Waals surface area contributed by atoms with Gasteiger partial charge in [0.25, 0.3) is 0 Å². The van der Waals surface area contributed by atoms with Crippen LogP contribution in [0, 0.1) is 0 Å². The summed E-state index contributed by atoms with van der Waals surface area (Å²) in [7, 11) is -1.56. The first-order valence-electron chi connectivity index (χ1n) is 9.50. The lowest BCUT2D eigenvalue weighted by molar-refractivity contribution is -0.140. The number of amides is 1. The Bertz CT molecular complexity index is 773. The largest absolute Gasteiger partial charge is 0.507 e. The van der Waals surface area contributed by atoms with E-state index in [0.717, 1.165) is 0 Å². The number of aromatic hydroxyl groups is 1. The Morgan fingerprint density at radius 2 is 2.03 bits per heavy atom. The minimum absolute atomic E-state index is 0.0156. The minimum atomic E-state index is -1.56. The molecule has 0 bridgehead atoms. The molecular formula is C18H24BFN2O7. The zero-order valence-corrected chi connectivity index (χ0v) is 15.8. The van der Waals surface area contributed by atoms with E-state index in [0.29, 0.717) is 6.42 Å². The molecule has 158 valence electrons. The third-order valence-electron chi connectivity index (χ3n) is 5.19. The summed E-state index contributed by atoms with van der Waals surface area (Å²) >= 11 is 0. The molecule has 0 spiro atoms. The lowest BCUT2D eigenvalue weighted by Crippen LogP contribution is -2.57. The predicted molar refractivity (Wildman–Crippen MR) is 101 cm³/mol. The summed E-state index contributed by atoms with van der Waals surface area (Å²) in [5.41, 5.74) is -0.132. The van der Waals surface area contributed by atoms with E-state index in [1.54, 1.807) is 4.90 Å². The summed E-state index contributed by atoms with van der Waals surface area (Å²) in [6.45, 7) is 0.824. The molecule has 1 aromatic carbocycles. The van der Waals surface area contributed by atoms with Crippen molar-refractivity contribution in [1.29, 1.82) is 0 Å². The Labute approximate surface area is 167 Å². The van der Waals surface area contributed by atoms with Crippen molar-refractivity contribution in [3.8, 4) is 11.5 Å². The lowest BCUT2D eigenvalue weighted by Gasteiger charge is -2.39. The van der Waals surface area contributed by atoms with Gasteiger partial charge in [0.15, 0.2) is 0 Å². The molecule has 2 aliphatic heterocycles. The molecule has 1 aromatic rings. The molecule has 9 nitrogen and oxygen atoms in total. The van der Waals surface area contributed by atoms with Gasteiger partial charge in [0.2, 0.25) is 5.91 Å². The predicted octanol–water partition coefficient (Wildman–Crippen LogP) is -0.215. The molecule has 1 amide bonds. The fraction of sp³-hybridized carbons (Fsp3) is 0.556. The maximum absolute atomic E-state index is 13.2. The summed E-state index contributed by atoms with van der Waals surface area (Å²) < 4.78 is 18.8. The van der Waals surface area contributed by atoms with Crippen molar-refractivity contribution in [3.05, 3.63) is 23.3 Å². The fourth-order valence-corrected chi connectivity index (χ4v) is 3.57. The van der Waals surface area contributed by atoms with Gasteiger partial charge in [-0.2, -0.15) is 0 Å². The Balaban J connectivity index is 1.57. The van der Waals surface area contributed by atoms with Crippen molar-refractivity contribution in [2.75, 3.05) is 19.6 Å². The third kappa shape index (κ3) is 5.17. The zero-order chi connectivity index (χ0) is 21.1. The van der Waals surface area contributed by atoms with Crippen molar-refractivity contribution in [1.82, 2.24) is 10.2 Å². The van der Waals surface area contributed by atoms with Gasteiger partial charge in [0.1, 0.15) is 29.3 Å². The van der Waals surface area contributed by atoms with Crippen LogP contribution in [-0.4, -0.2) is 82.1 Å². The van der Waals surface area contributed by atoms with E-state index < -0.39 is 36.7 Å². The molecule has 11 heteroatoms. The monoisotopic (exact) mass is 410 g/mol. The highest BCUT2D eigenvalue weighted by atomic mass is 19.1. The first kappa shape index (κ1) is 21.3. The minimum Gasteiger partial charge on any atom is -0.507 e. The number of aromatic carboxylic acids is 1. The van der Waals surface area contributed by atoms with Gasteiger partial charge in [-0.25, -0.2) is 9.18 Å². The Hall–Kier alpha value is -2.37. The molecule has 2 atom stereocenters. The van der Waals surface area contributed by atoms with Crippen LogP contribution in [0.1, 0.15) is 28.8 Å². The number of nitrogens with zero attached hydrogens (tertiary/aromatic N) is 1. The number of benzene rings is 1. The van der Waals surface area contributed by atoms with Crippen LogP contribution >= 0.6 is 0 Å². The number of carboxylic acid groups (broad SMARTS) is 1. The molecule has 0 saturated carbocycles. The smallest absolute Gasteiger partial charge is 0.451 e. The van der Waals surface area contributed by atoms with Crippen molar-refractivity contribution < 1.29 is 39.0 Å². The highest BCUT2D eigenvalue weighted by Gasteiger charge is 2.35. The van der Waals surface area contributed by atoms with Gasteiger partial charge in [-0.3, -0.25) is 4.79 Å². The maximum atomic E-state index is 13.2. The van der Waals surface area contributed by atoms with E-state index in [-0.39, 0.29) is 62.1 Å². The Morgan fingerprint density at radius 3 is 2.62 bits per heavy atom. The summed E-state index contributed by atoms with van der Waals surface area (Å²) in [5, 5.41) is 40.5. The first-order valence-corrected chi connectivity index (χ1v) is 9.50. The number of hydrogen-bond donors (Lipinski definition) is 5. The quantitative estimate of drug-likeness (QED) is 0.371. The molecule has 2 heterocycles. The second-order valence-corrected chi connectivity index (χ2v) is 7.45. The number of nitrogens with one attached hydrogen (secondary N) is 1. The molecule has 0 radical (unpaired) electrons. The number of likely N-dealkylation sites (tertiary alicyclic amines) is 1. The number of hydrogen-bond acceptors (Lipinski definition) is 7. The van der Waals surface area contributed by atoms with E-state index in [2.05, 4.69) is 5.32 Å². The van der Waals surface area contributed by atoms with Crippen LogP contribution in [0.15, 0.2) is 12.1 Å². The zero-order valence-electron chi connectivity index (χ0n) is 15.8. The standard InChI is InChI=1S/C18H24BFN2O7/c20-11-5-12(21-7-11)6-15(23)22-8-13(9-22)29-14-2-1-10(3-4-19(27)28)17(24)16(14)18(25)26/h1-2,11-13,21,24,27-28H,3-9H2,(H,25,26)/t11-,12-/m0/s1. The lowest BCUT2D eigenvalue weighted by atomic mass is 9.82. The van der Waals surface area contributed by atoms with E-state index in [1.807, 2.05) is 0 Å². The van der Waals surface area contributed by atoms with Crippen molar-refractivity contribution in [3.63, 3.8) is 0 Å². The van der Waals surface area contributed by atoms with E-state index in [4.69, 9.17) is 14.8 Å². The molecule has 5 N–H and O–H groups in total. The number of rotatable bonds is 8. The highest BCUT2D eigenvalue weighted by Crippen LogP contribution is 2.34. The average molecular weight is 410 g/mol. The van der Waals surface area contributed by atoms with Crippen molar-refractivity contribution >= 4 is 19.0 Å². The number of ether oxygens (including phenoxy) is 1. The third-order valence-corrected chi connectivity index (χ3v) is 5.19. The van der Waals surface area contributed by atoms with Gasteiger partial charge in [0.05, 0.1) is 13.1 Å². The SMILES string of the molecule is O=C(O)c1c(OC2CN(C(=O)C[C@@H]3C[C@H](F)CN3)C2)ccc(CCB(O)O)c1O. The van der Waals surface area contributed by atoms with Gasteiger partial charge >= 0.3 is 13.1 Å². The molecule has 2 saturated heterocycles. The normalized spacial score (nSPS) is 21.7. The fourth-order valence-electron chi connectivity index (χ4n) is 3.57. The second-order valence-electron chi connectivity index (χ2n) is 7.45. The molecule has 0 aliphatic carbocycles. The van der Waals surface area contributed by atoms with Crippen LogP contribution in [0.2, 0.25) is 6.32 Å². The number of phenols is 1. The Morgan fingerprint density at radius 1 is 1.31 bits per heavy atom. The van der Waals surface area contributed by atoms with Gasteiger partial charge < -0.3 is 35.2 Å². The van der Waals surface area contributed by atoms with Crippen LogP contribution in [0.25, 0.3) is 0 Å². The van der Waals surface area contributed by atoms with Gasteiger partial charge in [-0.1, -0.05) is 6.07 Å². The molecular weight excluding hydrogens is 386 g/mol. The van der Waals surface area contributed by atoms with Gasteiger partial charge in [-0.15, -0.1) is 0 Å². The summed E-state index contributed by atoms with van der Waals surface area (Å²) in [5.74, 6) is -1.98. The average Bonchev–Trinajstić information content (AvgIpc) is 3.00. The summed E-state index contributed by atoms with van der Waals surface area (Å²) in [6, 6.07) is 2.72. The number of alkyl halides is 1. The van der Waals surface area contributed by atoms with Gasteiger partial charge in [0, 0.05) is 19.0 Å². The van der Waals surface area contributed by atoms with Crippen LogP contribution in [0.5, 0.6) is 11.5 Å². The number of carbonyl (C=O) groups excluding carboxylic acids is 1. The van der Waals surface area contributed by atoms with E-state index in [9.17, 15) is 24.2 Å². The molecule has 0 aromatic heterocycles. The van der Waals surface area contributed by atoms with Crippen LogP contribution in [0.4, 0.5) is 4.39 Å². The summed E-state index contributed by atoms with van der Waals surface area (Å²) in [4.78, 5) is 25.4. The summed E-state index contributed by atoms with van der Waals surface area (Å²) in [6.07, 6.45) is -0.769. The molecule has 2 aliphatic rings. The second kappa shape index (κ2) is 8.97. The molecule has 3 rings (SSSR count). The molecule has 0 unspecified atom stereocenters. The van der Waals surface area contributed by atoms with Crippen LogP contribution in [0.3, 0.4) is 0 Å².